The van der Waals surface area contributed by atoms with E-state index in [4.69, 9.17) is 4.52 Å². The van der Waals surface area contributed by atoms with Crippen molar-refractivity contribution in [2.75, 3.05) is 5.32 Å². The van der Waals surface area contributed by atoms with Gasteiger partial charge in [-0.25, -0.2) is 4.39 Å². The zero-order valence-electron chi connectivity index (χ0n) is 11.0. The van der Waals surface area contributed by atoms with Crippen LogP contribution in [0.25, 0.3) is 0 Å². The van der Waals surface area contributed by atoms with E-state index >= 15 is 0 Å². The van der Waals surface area contributed by atoms with Crippen molar-refractivity contribution < 1.29 is 13.7 Å². The molecule has 2 rings (SSSR count). The van der Waals surface area contributed by atoms with Crippen molar-refractivity contribution in [3.63, 3.8) is 0 Å². The van der Waals surface area contributed by atoms with Crippen molar-refractivity contribution in [2.24, 2.45) is 0 Å². The predicted octanol–water partition coefficient (Wildman–Crippen LogP) is 3.50. The second-order valence-electron chi connectivity index (χ2n) is 4.71. The Morgan fingerprint density at radius 2 is 2.11 bits per heavy atom. The quantitative estimate of drug-likeness (QED) is 0.921. The molecule has 0 bridgehead atoms. The van der Waals surface area contributed by atoms with Gasteiger partial charge in [-0.2, -0.15) is 0 Å². The molecule has 0 fully saturated rings. The second-order valence-corrected chi connectivity index (χ2v) is 4.71. The molecule has 1 aromatic carbocycles. The first kappa shape index (κ1) is 13.3. The van der Waals surface area contributed by atoms with Crippen LogP contribution in [0.3, 0.4) is 0 Å². The maximum Gasteiger partial charge on any atom is 0.261 e. The first-order valence-corrected chi connectivity index (χ1v) is 6.01. The van der Waals surface area contributed by atoms with Gasteiger partial charge in [-0.1, -0.05) is 25.1 Å². The number of aryl methyl sites for hydroxylation is 1. The van der Waals surface area contributed by atoms with Crippen LogP contribution in [0.15, 0.2) is 28.8 Å². The molecule has 0 atom stereocenters. The third-order valence-electron chi connectivity index (χ3n) is 2.73. The smallest absolute Gasteiger partial charge is 0.261 e. The van der Waals surface area contributed by atoms with Crippen molar-refractivity contribution in [1.82, 2.24) is 5.16 Å². The number of hydrogen-bond acceptors (Lipinski definition) is 3. The van der Waals surface area contributed by atoms with E-state index in [9.17, 15) is 9.18 Å². The number of amides is 1. The third kappa shape index (κ3) is 2.99. The van der Waals surface area contributed by atoms with Crippen LogP contribution in [0.1, 0.15) is 41.4 Å². The van der Waals surface area contributed by atoms with Gasteiger partial charge in [-0.3, -0.25) is 10.1 Å². The van der Waals surface area contributed by atoms with E-state index in [2.05, 4.69) is 10.5 Å². The molecule has 0 saturated carbocycles. The van der Waals surface area contributed by atoms with E-state index in [1.54, 1.807) is 19.1 Å². The number of halogens is 1. The molecular formula is C14H15FN2O2. The van der Waals surface area contributed by atoms with E-state index in [0.29, 0.717) is 0 Å². The number of benzene rings is 1. The van der Waals surface area contributed by atoms with E-state index in [-0.39, 0.29) is 17.4 Å². The van der Waals surface area contributed by atoms with Crippen molar-refractivity contribution >= 4 is 11.8 Å². The van der Waals surface area contributed by atoms with E-state index in [1.165, 1.54) is 12.1 Å². The molecule has 0 aliphatic heterocycles. The van der Waals surface area contributed by atoms with Crippen LogP contribution in [-0.2, 0) is 0 Å². The van der Waals surface area contributed by atoms with Crippen LogP contribution in [0.5, 0.6) is 0 Å². The Balaban J connectivity index is 2.16. The molecule has 1 N–H and O–H groups in total. The summed E-state index contributed by atoms with van der Waals surface area (Å²) in [6.45, 7) is 5.68. The summed E-state index contributed by atoms with van der Waals surface area (Å²) in [4.78, 5) is 11.9. The van der Waals surface area contributed by atoms with Crippen LogP contribution in [0, 0.1) is 12.7 Å². The second kappa shape index (κ2) is 5.22. The van der Waals surface area contributed by atoms with Gasteiger partial charge in [0.25, 0.3) is 5.91 Å². The topological polar surface area (TPSA) is 55.1 Å². The lowest BCUT2D eigenvalue weighted by Gasteiger charge is -2.03. The molecule has 0 aliphatic rings. The van der Waals surface area contributed by atoms with Gasteiger partial charge in [0.05, 0.1) is 11.3 Å². The average molecular weight is 262 g/mol. The number of anilines is 1. The summed E-state index contributed by atoms with van der Waals surface area (Å²) in [6, 6.07) is 6.07. The Morgan fingerprint density at radius 3 is 2.68 bits per heavy atom. The first-order valence-electron chi connectivity index (χ1n) is 6.01. The number of nitrogens with zero attached hydrogens (tertiary/aromatic N) is 1. The number of rotatable bonds is 3. The Bertz CT molecular complexity index is 605. The summed E-state index contributed by atoms with van der Waals surface area (Å²) in [6.07, 6.45) is 0. The fourth-order valence-corrected chi connectivity index (χ4v) is 1.60. The molecular weight excluding hydrogens is 247 g/mol. The Morgan fingerprint density at radius 1 is 1.37 bits per heavy atom. The predicted molar refractivity (Wildman–Crippen MR) is 69.7 cm³/mol. The summed E-state index contributed by atoms with van der Waals surface area (Å²) in [5, 5.41) is 6.30. The highest BCUT2D eigenvalue weighted by Gasteiger charge is 2.15. The standard InChI is InChI=1S/C14H15FN2O2/c1-8(2)12-7-13(19-17-12)16-14(18)10-5-4-9(3)6-11(10)15/h4-8H,1-3H3,(H,16,18). The molecule has 0 spiro atoms. The van der Waals surface area contributed by atoms with Gasteiger partial charge in [0.15, 0.2) is 0 Å². The van der Waals surface area contributed by atoms with Crippen LogP contribution < -0.4 is 5.32 Å². The molecule has 1 heterocycles. The molecule has 2 aromatic rings. The van der Waals surface area contributed by atoms with Crippen LogP contribution in [-0.4, -0.2) is 11.1 Å². The lowest BCUT2D eigenvalue weighted by molar-refractivity contribution is 0.102. The monoisotopic (exact) mass is 262 g/mol. The first-order chi connectivity index (χ1) is 8.97. The fraction of sp³-hybridized carbons (Fsp3) is 0.286. The van der Waals surface area contributed by atoms with Crippen LogP contribution >= 0.6 is 0 Å². The van der Waals surface area contributed by atoms with Crippen molar-refractivity contribution in [2.45, 2.75) is 26.7 Å². The van der Waals surface area contributed by atoms with E-state index in [0.717, 1.165) is 11.3 Å². The summed E-state index contributed by atoms with van der Waals surface area (Å²) >= 11 is 0. The normalized spacial score (nSPS) is 10.8. The maximum absolute atomic E-state index is 13.6. The highest BCUT2D eigenvalue weighted by Crippen LogP contribution is 2.19. The molecule has 100 valence electrons. The number of hydrogen-bond donors (Lipinski definition) is 1. The average Bonchev–Trinajstić information content (AvgIpc) is 2.77. The molecule has 4 nitrogen and oxygen atoms in total. The van der Waals surface area contributed by atoms with Gasteiger partial charge in [-0.15, -0.1) is 0 Å². The minimum atomic E-state index is -0.555. The summed E-state index contributed by atoms with van der Waals surface area (Å²) in [5.74, 6) is -0.691. The Hall–Kier alpha value is -2.17. The molecule has 0 aliphatic carbocycles. The Kier molecular flexibility index (Phi) is 3.64. The minimum Gasteiger partial charge on any atom is -0.338 e. The zero-order chi connectivity index (χ0) is 14.0. The Labute approximate surface area is 110 Å². The van der Waals surface area contributed by atoms with E-state index < -0.39 is 11.7 Å². The van der Waals surface area contributed by atoms with E-state index in [1.807, 2.05) is 13.8 Å². The lowest BCUT2D eigenvalue weighted by atomic mass is 10.1. The molecule has 0 radical (unpaired) electrons. The van der Waals surface area contributed by atoms with Gasteiger partial charge in [0.2, 0.25) is 5.88 Å². The van der Waals surface area contributed by atoms with Gasteiger partial charge in [-0.05, 0) is 30.5 Å². The SMILES string of the molecule is Cc1ccc(C(=O)Nc2cc(C(C)C)no2)c(F)c1. The zero-order valence-corrected chi connectivity index (χ0v) is 11.0. The van der Waals surface area contributed by atoms with Crippen LogP contribution in [0.4, 0.5) is 10.3 Å². The number of carbonyl (C=O) groups is 1. The largest absolute Gasteiger partial charge is 0.338 e. The summed E-state index contributed by atoms with van der Waals surface area (Å²) in [5.41, 5.74) is 1.48. The molecule has 19 heavy (non-hydrogen) atoms. The molecule has 0 saturated heterocycles. The van der Waals surface area contributed by atoms with Gasteiger partial charge in [0.1, 0.15) is 5.82 Å². The minimum absolute atomic E-state index is 0.0203. The summed E-state index contributed by atoms with van der Waals surface area (Å²) < 4.78 is 18.6. The maximum atomic E-state index is 13.6. The fourth-order valence-electron chi connectivity index (χ4n) is 1.60. The molecule has 5 heteroatoms. The highest BCUT2D eigenvalue weighted by molar-refractivity contribution is 6.03. The van der Waals surface area contributed by atoms with Crippen molar-refractivity contribution in [1.29, 1.82) is 0 Å². The number of nitrogens with one attached hydrogen (secondary N) is 1. The lowest BCUT2D eigenvalue weighted by Crippen LogP contribution is -2.13. The number of carbonyl (C=O) groups excluding carboxylic acids is 1. The summed E-state index contributed by atoms with van der Waals surface area (Å²) in [7, 11) is 0. The highest BCUT2D eigenvalue weighted by atomic mass is 19.1. The van der Waals surface area contributed by atoms with Crippen molar-refractivity contribution in [3.05, 3.63) is 46.9 Å². The number of aromatic nitrogens is 1. The van der Waals surface area contributed by atoms with Gasteiger partial charge in [0, 0.05) is 6.07 Å². The molecule has 1 aromatic heterocycles. The van der Waals surface area contributed by atoms with Crippen molar-refractivity contribution in [3.8, 4) is 0 Å². The molecule has 0 unspecified atom stereocenters. The molecule has 1 amide bonds. The van der Waals surface area contributed by atoms with Gasteiger partial charge < -0.3 is 4.52 Å². The van der Waals surface area contributed by atoms with Crippen LogP contribution in [0.2, 0.25) is 0 Å². The third-order valence-corrected chi connectivity index (χ3v) is 2.73. The van der Waals surface area contributed by atoms with Gasteiger partial charge >= 0.3 is 0 Å².